The van der Waals surface area contributed by atoms with Gasteiger partial charge in [-0.05, 0) is 25.0 Å². The Kier molecular flexibility index (Phi) is 6.74. The number of esters is 1. The molecule has 5 nitrogen and oxygen atoms in total. The zero-order chi connectivity index (χ0) is 14.1. The Morgan fingerprint density at radius 1 is 1.37 bits per heavy atom. The molecule has 0 radical (unpaired) electrons. The predicted octanol–water partition coefficient (Wildman–Crippen LogP) is 1.53. The Bertz CT molecular complexity index is 406. The molecule has 0 fully saturated rings. The van der Waals surface area contributed by atoms with Crippen LogP contribution in [-0.4, -0.2) is 32.8 Å². The first-order valence-corrected chi connectivity index (χ1v) is 6.36. The van der Waals surface area contributed by atoms with Crippen LogP contribution in [-0.2, 0) is 16.0 Å². The van der Waals surface area contributed by atoms with E-state index in [0.717, 1.165) is 5.56 Å². The normalized spacial score (nSPS) is 10.1. The summed E-state index contributed by atoms with van der Waals surface area (Å²) in [6.07, 6.45) is 0.923. The fourth-order valence-corrected chi connectivity index (χ4v) is 1.67. The third-order valence-electron chi connectivity index (χ3n) is 2.55. The molecule has 0 bridgehead atoms. The van der Waals surface area contributed by atoms with Gasteiger partial charge in [0.05, 0.1) is 13.7 Å². The molecule has 0 aliphatic heterocycles. The van der Waals surface area contributed by atoms with Crippen LogP contribution < -0.4 is 15.2 Å². The van der Waals surface area contributed by atoms with E-state index in [1.54, 1.807) is 20.1 Å². The molecule has 0 heterocycles. The van der Waals surface area contributed by atoms with E-state index >= 15 is 0 Å². The summed E-state index contributed by atoms with van der Waals surface area (Å²) < 4.78 is 15.6. The van der Waals surface area contributed by atoms with Crippen molar-refractivity contribution in [3.63, 3.8) is 0 Å². The molecule has 0 spiro atoms. The molecule has 1 aromatic rings. The van der Waals surface area contributed by atoms with Crippen LogP contribution in [0.25, 0.3) is 0 Å². The Hall–Kier alpha value is -1.75. The number of nitrogens with two attached hydrogens (primary N) is 1. The summed E-state index contributed by atoms with van der Waals surface area (Å²) in [4.78, 5) is 11.3. The van der Waals surface area contributed by atoms with Crippen LogP contribution >= 0.6 is 0 Å². The summed E-state index contributed by atoms with van der Waals surface area (Å²) in [6.45, 7) is 3.13. The van der Waals surface area contributed by atoms with Crippen LogP contribution in [0, 0.1) is 0 Å². The van der Waals surface area contributed by atoms with E-state index in [2.05, 4.69) is 0 Å². The molecule has 0 saturated heterocycles. The molecule has 0 saturated carbocycles. The number of hydrogen-bond acceptors (Lipinski definition) is 5. The number of benzene rings is 1. The Morgan fingerprint density at radius 2 is 2.16 bits per heavy atom. The van der Waals surface area contributed by atoms with Crippen molar-refractivity contribution < 1.29 is 19.0 Å². The third kappa shape index (κ3) is 5.18. The molecule has 0 aliphatic rings. The molecule has 19 heavy (non-hydrogen) atoms. The number of hydrogen-bond donors (Lipinski definition) is 1. The van der Waals surface area contributed by atoms with Gasteiger partial charge in [0.25, 0.3) is 0 Å². The molecule has 0 amide bonds. The second-order valence-electron chi connectivity index (χ2n) is 3.92. The summed E-state index contributed by atoms with van der Waals surface area (Å²) >= 11 is 0. The molecule has 106 valence electrons. The minimum Gasteiger partial charge on any atom is -0.496 e. The molecule has 0 atom stereocenters. The monoisotopic (exact) mass is 267 g/mol. The molecule has 1 aromatic carbocycles. The maximum atomic E-state index is 11.3. The van der Waals surface area contributed by atoms with Crippen molar-refractivity contribution >= 4 is 5.97 Å². The first kappa shape index (κ1) is 15.3. The van der Waals surface area contributed by atoms with Crippen molar-refractivity contribution in [2.45, 2.75) is 19.8 Å². The highest BCUT2D eigenvalue weighted by Crippen LogP contribution is 2.25. The minimum atomic E-state index is -0.201. The first-order valence-electron chi connectivity index (χ1n) is 6.36. The lowest BCUT2D eigenvalue weighted by Gasteiger charge is -2.11. The highest BCUT2D eigenvalue weighted by atomic mass is 16.5. The maximum Gasteiger partial charge on any atom is 0.306 e. The van der Waals surface area contributed by atoms with Gasteiger partial charge < -0.3 is 19.9 Å². The van der Waals surface area contributed by atoms with Gasteiger partial charge >= 0.3 is 5.97 Å². The predicted molar refractivity (Wildman–Crippen MR) is 72.5 cm³/mol. The molecule has 0 unspecified atom stereocenters. The number of aryl methyl sites for hydroxylation is 1. The Morgan fingerprint density at radius 3 is 2.79 bits per heavy atom. The van der Waals surface area contributed by atoms with Crippen LogP contribution in [0.2, 0.25) is 0 Å². The first-order chi connectivity index (χ1) is 9.21. The van der Waals surface area contributed by atoms with Gasteiger partial charge in [-0.15, -0.1) is 0 Å². The minimum absolute atomic E-state index is 0.201. The molecule has 1 rings (SSSR count). The van der Waals surface area contributed by atoms with Crippen molar-refractivity contribution in [2.24, 2.45) is 5.73 Å². The second kappa shape index (κ2) is 8.37. The number of ether oxygens (including phenoxy) is 3. The van der Waals surface area contributed by atoms with Crippen LogP contribution in [0.1, 0.15) is 18.9 Å². The topological polar surface area (TPSA) is 70.8 Å². The van der Waals surface area contributed by atoms with Gasteiger partial charge in [-0.3, -0.25) is 4.79 Å². The Balaban J connectivity index is 2.64. The summed E-state index contributed by atoms with van der Waals surface area (Å²) in [5.41, 5.74) is 6.33. The van der Waals surface area contributed by atoms with Gasteiger partial charge in [-0.25, -0.2) is 0 Å². The molecular formula is C14H21NO4. The SMILES string of the molecule is CCOC(=O)CCc1ccc(OCCN)cc1OC. The van der Waals surface area contributed by atoms with E-state index in [1.165, 1.54) is 0 Å². The molecular weight excluding hydrogens is 246 g/mol. The average molecular weight is 267 g/mol. The van der Waals surface area contributed by atoms with E-state index in [-0.39, 0.29) is 5.97 Å². The Labute approximate surface area is 113 Å². The smallest absolute Gasteiger partial charge is 0.306 e. The fraction of sp³-hybridized carbons (Fsp3) is 0.500. The van der Waals surface area contributed by atoms with Crippen molar-refractivity contribution in [1.82, 2.24) is 0 Å². The van der Waals surface area contributed by atoms with Crippen LogP contribution in [0.5, 0.6) is 11.5 Å². The van der Waals surface area contributed by atoms with Crippen molar-refractivity contribution in [3.05, 3.63) is 23.8 Å². The summed E-state index contributed by atoms with van der Waals surface area (Å²) in [7, 11) is 1.59. The second-order valence-corrected chi connectivity index (χ2v) is 3.92. The van der Waals surface area contributed by atoms with E-state index in [9.17, 15) is 4.79 Å². The largest absolute Gasteiger partial charge is 0.496 e. The highest BCUT2D eigenvalue weighted by molar-refractivity contribution is 5.69. The van der Waals surface area contributed by atoms with Crippen molar-refractivity contribution in [2.75, 3.05) is 26.9 Å². The maximum absolute atomic E-state index is 11.3. The van der Waals surface area contributed by atoms with Gasteiger partial charge in [-0.2, -0.15) is 0 Å². The third-order valence-corrected chi connectivity index (χ3v) is 2.55. The quantitative estimate of drug-likeness (QED) is 0.723. The lowest BCUT2D eigenvalue weighted by atomic mass is 10.1. The highest BCUT2D eigenvalue weighted by Gasteiger charge is 2.08. The van der Waals surface area contributed by atoms with Crippen LogP contribution in [0.3, 0.4) is 0 Å². The number of carbonyl (C=O) groups is 1. The van der Waals surface area contributed by atoms with E-state index < -0.39 is 0 Å². The molecule has 0 aromatic heterocycles. The zero-order valence-corrected chi connectivity index (χ0v) is 11.5. The lowest BCUT2D eigenvalue weighted by Crippen LogP contribution is -2.10. The van der Waals surface area contributed by atoms with Crippen molar-refractivity contribution in [1.29, 1.82) is 0 Å². The summed E-state index contributed by atoms with van der Waals surface area (Å²) in [6, 6.07) is 5.54. The summed E-state index contributed by atoms with van der Waals surface area (Å²) in [5, 5.41) is 0. The summed E-state index contributed by atoms with van der Waals surface area (Å²) in [5.74, 6) is 1.22. The standard InChI is InChI=1S/C14H21NO4/c1-3-18-14(16)7-5-11-4-6-12(19-9-8-15)10-13(11)17-2/h4,6,10H,3,5,7-9,15H2,1-2H3. The van der Waals surface area contributed by atoms with E-state index in [1.807, 2.05) is 12.1 Å². The fourth-order valence-electron chi connectivity index (χ4n) is 1.67. The number of carbonyl (C=O) groups excluding carboxylic acids is 1. The molecule has 2 N–H and O–H groups in total. The van der Waals surface area contributed by atoms with Crippen LogP contribution in [0.4, 0.5) is 0 Å². The average Bonchev–Trinajstić information content (AvgIpc) is 2.43. The van der Waals surface area contributed by atoms with E-state index in [4.69, 9.17) is 19.9 Å². The molecule has 0 aliphatic carbocycles. The molecule has 5 heteroatoms. The zero-order valence-electron chi connectivity index (χ0n) is 11.5. The van der Waals surface area contributed by atoms with E-state index in [0.29, 0.717) is 44.1 Å². The van der Waals surface area contributed by atoms with Gasteiger partial charge in [0.1, 0.15) is 18.1 Å². The number of rotatable bonds is 8. The van der Waals surface area contributed by atoms with Gasteiger partial charge in [0, 0.05) is 19.0 Å². The van der Waals surface area contributed by atoms with Crippen molar-refractivity contribution in [3.8, 4) is 11.5 Å². The number of methoxy groups -OCH3 is 1. The lowest BCUT2D eigenvalue weighted by molar-refractivity contribution is -0.143. The van der Waals surface area contributed by atoms with Gasteiger partial charge in [-0.1, -0.05) is 6.07 Å². The van der Waals surface area contributed by atoms with Gasteiger partial charge in [0.15, 0.2) is 0 Å². The van der Waals surface area contributed by atoms with Crippen LogP contribution in [0.15, 0.2) is 18.2 Å². The van der Waals surface area contributed by atoms with Gasteiger partial charge in [0.2, 0.25) is 0 Å².